The van der Waals surface area contributed by atoms with E-state index < -0.39 is 0 Å². The van der Waals surface area contributed by atoms with Crippen molar-refractivity contribution in [3.63, 3.8) is 0 Å². The topological polar surface area (TPSA) is 0 Å². The second kappa shape index (κ2) is 21.9. The second-order valence-electron chi connectivity index (χ2n) is 3.05. The largest absolute Gasteiger partial charge is 4.00 e. The van der Waals surface area contributed by atoms with Crippen molar-refractivity contribution in [3.8, 4) is 0 Å². The SMILES string of the molecule is CC1=[C-]CC=C1.C[SiH]C.[C-]1=CC=CC1.[Cl-].[Cl-].[Zr+4]. The van der Waals surface area contributed by atoms with Crippen LogP contribution in [0.4, 0.5) is 0 Å². The molecule has 0 spiro atoms. The Kier molecular flexibility index (Phi) is 33.8. The van der Waals surface area contributed by atoms with Gasteiger partial charge in [-0.25, -0.2) is 23.8 Å². The van der Waals surface area contributed by atoms with Crippen molar-refractivity contribution >= 4 is 9.52 Å². The van der Waals surface area contributed by atoms with Crippen LogP contribution in [0.2, 0.25) is 13.1 Å². The third-order valence-corrected chi connectivity index (χ3v) is 1.45. The Bertz CT molecular complexity index is 233. The molecule has 0 aromatic carbocycles. The molecule has 0 unspecified atom stereocenters. The van der Waals surface area contributed by atoms with Crippen LogP contribution in [0.15, 0.2) is 36.0 Å². The van der Waals surface area contributed by atoms with Crippen LogP contribution < -0.4 is 24.8 Å². The van der Waals surface area contributed by atoms with Crippen LogP contribution in [0.1, 0.15) is 19.8 Å². The van der Waals surface area contributed by atoms with Gasteiger partial charge in [0.1, 0.15) is 0 Å². The summed E-state index contributed by atoms with van der Waals surface area (Å²) in [4.78, 5) is 0. The minimum atomic E-state index is 0. The van der Waals surface area contributed by atoms with E-state index in [1.165, 1.54) is 5.57 Å². The van der Waals surface area contributed by atoms with Gasteiger partial charge in [-0.2, -0.15) is 12.2 Å². The summed E-state index contributed by atoms with van der Waals surface area (Å²) < 4.78 is 0. The monoisotopic (exact) mass is 363 g/mol. The molecule has 0 saturated carbocycles. The molecule has 0 aromatic heterocycles. The van der Waals surface area contributed by atoms with E-state index in [0.29, 0.717) is 0 Å². The molecule has 93 valence electrons. The minimum absolute atomic E-state index is 0. The predicted molar refractivity (Wildman–Crippen MR) is 66.6 cm³/mol. The molecular weight excluding hydrogens is 346 g/mol. The average molecular weight is 366 g/mol. The number of hydrogen-bond donors (Lipinski definition) is 0. The summed E-state index contributed by atoms with van der Waals surface area (Å²) in [6.07, 6.45) is 18.3. The Labute approximate surface area is 140 Å². The number of rotatable bonds is 0. The Morgan fingerprint density at radius 1 is 1.12 bits per heavy atom. The quantitative estimate of drug-likeness (QED) is 0.330. The van der Waals surface area contributed by atoms with Crippen LogP contribution in [0.3, 0.4) is 0 Å². The first-order valence-corrected chi connectivity index (χ1v) is 7.32. The van der Waals surface area contributed by atoms with Crippen molar-refractivity contribution in [2.75, 3.05) is 0 Å². The van der Waals surface area contributed by atoms with Gasteiger partial charge in [-0.15, -0.1) is 12.8 Å². The molecule has 1 radical (unpaired) electrons. The third kappa shape index (κ3) is 22.3. The van der Waals surface area contributed by atoms with Crippen LogP contribution in [-0.2, 0) is 26.2 Å². The third-order valence-electron chi connectivity index (χ3n) is 1.45. The molecule has 0 bridgehead atoms. The molecule has 2 aliphatic carbocycles. The van der Waals surface area contributed by atoms with Crippen molar-refractivity contribution < 1.29 is 51.0 Å². The molecule has 0 atom stereocenters. The summed E-state index contributed by atoms with van der Waals surface area (Å²) in [6.45, 7) is 6.48. The van der Waals surface area contributed by atoms with Gasteiger partial charge in [0.15, 0.2) is 0 Å². The standard InChI is InChI=1S/C6H7.C5H5.C2H7Si.2ClH.Zr/c1-6-4-2-3-5-6;1-2-4-5-3-1;1-3-2;;;/h2,4H,3H2,1H3;1-3H,4H2;3H,1-2H3;2*1H;/q2*-1;;;;+4/p-2. The van der Waals surface area contributed by atoms with Crippen molar-refractivity contribution in [2.45, 2.75) is 32.9 Å². The van der Waals surface area contributed by atoms with Gasteiger partial charge < -0.3 is 24.8 Å². The molecule has 0 saturated heterocycles. The summed E-state index contributed by atoms with van der Waals surface area (Å²) >= 11 is 0. The zero-order valence-corrected chi connectivity index (χ0v) is 15.8. The van der Waals surface area contributed by atoms with Gasteiger partial charge in [-0.3, -0.25) is 12.2 Å². The van der Waals surface area contributed by atoms with Crippen LogP contribution >= 0.6 is 0 Å². The van der Waals surface area contributed by atoms with Gasteiger partial charge in [-0.05, 0) is 0 Å². The first kappa shape index (κ1) is 26.3. The maximum atomic E-state index is 3.12. The Morgan fingerprint density at radius 2 is 1.71 bits per heavy atom. The fourth-order valence-corrected chi connectivity index (χ4v) is 0.855. The van der Waals surface area contributed by atoms with E-state index in [4.69, 9.17) is 0 Å². The second-order valence-corrected chi connectivity index (χ2v) is 4.20. The first-order valence-electron chi connectivity index (χ1n) is 5.01. The Hall–Kier alpha value is 0.640. The van der Waals surface area contributed by atoms with Crippen LogP contribution in [0, 0.1) is 12.2 Å². The Balaban J connectivity index is -0.0000000718. The molecule has 0 aliphatic heterocycles. The normalized spacial score (nSPS) is 12.8. The number of hydrogen-bond acceptors (Lipinski definition) is 0. The van der Waals surface area contributed by atoms with Gasteiger partial charge in [-0.1, -0.05) is 20.0 Å². The van der Waals surface area contributed by atoms with Gasteiger partial charge in [0.2, 0.25) is 0 Å². The number of allylic oxidation sites excluding steroid dienone is 8. The van der Waals surface area contributed by atoms with Crippen molar-refractivity contribution in [3.05, 3.63) is 48.1 Å². The van der Waals surface area contributed by atoms with Gasteiger partial charge >= 0.3 is 26.2 Å². The van der Waals surface area contributed by atoms with Gasteiger partial charge in [0, 0.05) is 9.52 Å². The zero-order chi connectivity index (χ0) is 10.6. The Morgan fingerprint density at radius 3 is 1.82 bits per heavy atom. The van der Waals surface area contributed by atoms with E-state index in [1.54, 1.807) is 0 Å². The maximum Gasteiger partial charge on any atom is 4.00 e. The molecule has 0 aromatic rings. The van der Waals surface area contributed by atoms with Crippen LogP contribution in [0.25, 0.3) is 0 Å². The summed E-state index contributed by atoms with van der Waals surface area (Å²) in [5, 5.41) is 0. The van der Waals surface area contributed by atoms with Crippen LogP contribution in [0.5, 0.6) is 0 Å². The molecule has 0 amide bonds. The minimum Gasteiger partial charge on any atom is -1.00 e. The van der Waals surface area contributed by atoms with E-state index in [9.17, 15) is 0 Å². The molecular formula is C13H19Cl2SiZr. The van der Waals surface area contributed by atoms with E-state index >= 15 is 0 Å². The van der Waals surface area contributed by atoms with Crippen molar-refractivity contribution in [1.82, 2.24) is 0 Å². The van der Waals surface area contributed by atoms with Crippen molar-refractivity contribution in [2.24, 2.45) is 0 Å². The molecule has 0 fully saturated rings. The maximum absolute atomic E-state index is 3.12. The van der Waals surface area contributed by atoms with Crippen molar-refractivity contribution in [1.29, 1.82) is 0 Å². The predicted octanol–water partition coefficient (Wildman–Crippen LogP) is -2.47. The summed E-state index contributed by atoms with van der Waals surface area (Å²) in [7, 11) is 0.750. The molecule has 2 rings (SSSR count). The molecule has 17 heavy (non-hydrogen) atoms. The first-order chi connectivity index (χ1) is 6.81. The van der Waals surface area contributed by atoms with E-state index in [0.717, 1.165) is 22.4 Å². The molecule has 4 heteroatoms. The smallest absolute Gasteiger partial charge is 1.00 e. The fourth-order valence-electron chi connectivity index (χ4n) is 0.855. The average Bonchev–Trinajstić information content (AvgIpc) is 2.78. The summed E-state index contributed by atoms with van der Waals surface area (Å²) in [5.41, 5.74) is 1.27. The van der Waals surface area contributed by atoms with E-state index in [1.807, 2.05) is 12.2 Å². The number of halogens is 2. The van der Waals surface area contributed by atoms with E-state index in [2.05, 4.69) is 50.4 Å². The zero-order valence-electron chi connectivity index (χ0n) is 10.6. The molecule has 0 nitrogen and oxygen atoms in total. The summed E-state index contributed by atoms with van der Waals surface area (Å²) in [5.74, 6) is 0. The molecule has 0 N–H and O–H groups in total. The summed E-state index contributed by atoms with van der Waals surface area (Å²) in [6, 6.07) is 0. The fraction of sp³-hybridized carbons (Fsp3) is 0.385. The van der Waals surface area contributed by atoms with Gasteiger partial charge in [0.25, 0.3) is 0 Å². The molecule has 0 heterocycles. The molecule has 2 aliphatic rings. The van der Waals surface area contributed by atoms with Crippen LogP contribution in [-0.4, -0.2) is 9.52 Å². The van der Waals surface area contributed by atoms with E-state index in [-0.39, 0.29) is 51.0 Å². The van der Waals surface area contributed by atoms with Gasteiger partial charge in [0.05, 0.1) is 0 Å².